The lowest BCUT2D eigenvalue weighted by atomic mass is 9.88. The van der Waals surface area contributed by atoms with Crippen LogP contribution in [0.5, 0.6) is 0 Å². The normalized spacial score (nSPS) is 20.4. The predicted octanol–water partition coefficient (Wildman–Crippen LogP) is 5.68. The number of aryl methyl sites for hydroxylation is 1. The zero-order valence-electron chi connectivity index (χ0n) is 18.0. The van der Waals surface area contributed by atoms with Crippen molar-refractivity contribution in [1.82, 2.24) is 0 Å². The molecule has 2 aliphatic rings. The second kappa shape index (κ2) is 9.18. The van der Waals surface area contributed by atoms with Crippen molar-refractivity contribution in [3.8, 4) is 23.5 Å². The number of terminal acetylenes is 1. The highest BCUT2D eigenvalue weighted by molar-refractivity contribution is 7.91. The fourth-order valence-corrected chi connectivity index (χ4v) is 4.12. The summed E-state index contributed by atoms with van der Waals surface area (Å²) in [6.45, 7) is 3.32. The van der Waals surface area contributed by atoms with E-state index in [1.165, 1.54) is 41.4 Å². The van der Waals surface area contributed by atoms with Gasteiger partial charge >= 0.3 is 0 Å². The number of hydrogen-bond donors (Lipinski definition) is 0. The van der Waals surface area contributed by atoms with Crippen LogP contribution in [0, 0.1) is 18.3 Å². The lowest BCUT2D eigenvalue weighted by Gasteiger charge is -2.15. The number of rotatable bonds is 3. The van der Waals surface area contributed by atoms with E-state index in [0.29, 0.717) is 18.3 Å². The first kappa shape index (κ1) is 22.3. The molecule has 2 atom stereocenters. The van der Waals surface area contributed by atoms with Crippen LogP contribution in [0.25, 0.3) is 11.1 Å². The third-order valence-corrected chi connectivity index (χ3v) is 8.00. The summed E-state index contributed by atoms with van der Waals surface area (Å²) >= 11 is 0. The molecule has 4 heteroatoms. The highest BCUT2D eigenvalue weighted by Crippen LogP contribution is 2.39. The van der Waals surface area contributed by atoms with Gasteiger partial charge in [-0.05, 0) is 61.3 Å². The highest BCUT2D eigenvalue weighted by Gasteiger charge is 2.27. The average molecular weight is 425 g/mol. The molecule has 30 heavy (non-hydrogen) atoms. The molecule has 0 saturated heterocycles. The second-order valence-corrected chi connectivity index (χ2v) is 11.2. The van der Waals surface area contributed by atoms with E-state index in [-0.39, 0.29) is 12.5 Å². The average Bonchev–Trinajstić information content (AvgIpc) is 3.34. The number of ketones is 1. The van der Waals surface area contributed by atoms with Gasteiger partial charge in [-0.3, -0.25) is 4.79 Å². The Labute approximate surface area is 182 Å². The number of carbonyl (C=O) groups is 1. The summed E-state index contributed by atoms with van der Waals surface area (Å²) in [5, 5.41) is -0.229. The van der Waals surface area contributed by atoms with Crippen molar-refractivity contribution in [3.63, 3.8) is 0 Å². The molecule has 0 amide bonds. The first-order chi connectivity index (χ1) is 14.2. The summed E-state index contributed by atoms with van der Waals surface area (Å²) in [7, 11) is -2.74. The molecule has 2 aromatic rings. The van der Waals surface area contributed by atoms with Crippen molar-refractivity contribution in [1.29, 1.82) is 0 Å². The standard InChI is InChI=1S/C22H20O.C4H10O2S.H2/c1-2-15-4-3-5-20(15)17-8-6-16(7-9-17)18-10-12-21-19(14-18)11-13-22(21)23;1-4(2)7(3,5)6;/h1,6-10,12,14-15,20H,3-5,11,13H2;4H,1-3H3;1H/t15-,20+;;/m1../s1. The molecule has 0 heterocycles. The highest BCUT2D eigenvalue weighted by atomic mass is 32.2. The minimum Gasteiger partial charge on any atom is -0.294 e. The summed E-state index contributed by atoms with van der Waals surface area (Å²) in [6, 6.07) is 15.1. The van der Waals surface area contributed by atoms with E-state index < -0.39 is 9.84 Å². The molecule has 2 aromatic carbocycles. The lowest BCUT2D eigenvalue weighted by molar-refractivity contribution is 0.0994. The molecule has 3 nitrogen and oxygen atoms in total. The predicted molar refractivity (Wildman–Crippen MR) is 126 cm³/mol. The van der Waals surface area contributed by atoms with Crippen molar-refractivity contribution >= 4 is 15.6 Å². The van der Waals surface area contributed by atoms with Crippen LogP contribution in [-0.4, -0.2) is 25.7 Å². The van der Waals surface area contributed by atoms with Gasteiger partial charge in [0.2, 0.25) is 0 Å². The zero-order chi connectivity index (χ0) is 21.9. The number of Topliss-reactive ketones (excluding diaryl/α,β-unsaturated/α-hetero) is 1. The summed E-state index contributed by atoms with van der Waals surface area (Å²) in [5.41, 5.74) is 5.88. The molecule has 0 radical (unpaired) electrons. The van der Waals surface area contributed by atoms with Crippen LogP contribution in [0.3, 0.4) is 0 Å². The quantitative estimate of drug-likeness (QED) is 0.595. The third kappa shape index (κ3) is 5.02. The molecule has 2 aliphatic carbocycles. The number of carbonyl (C=O) groups excluding carboxylic acids is 1. The minimum atomic E-state index is -2.74. The van der Waals surface area contributed by atoms with Gasteiger partial charge in [0.05, 0.1) is 5.25 Å². The molecule has 4 rings (SSSR count). The van der Waals surface area contributed by atoms with Crippen LogP contribution in [-0.2, 0) is 16.3 Å². The summed E-state index contributed by atoms with van der Waals surface area (Å²) in [6.07, 6.45) is 12.0. The fourth-order valence-electron chi connectivity index (χ4n) is 4.12. The minimum absolute atomic E-state index is 0. The maximum Gasteiger partial charge on any atom is 0.163 e. The van der Waals surface area contributed by atoms with Crippen molar-refractivity contribution in [2.45, 2.75) is 57.1 Å². The monoisotopic (exact) mass is 424 g/mol. The second-order valence-electron chi connectivity index (χ2n) is 8.61. The van der Waals surface area contributed by atoms with Crippen LogP contribution in [0.2, 0.25) is 0 Å². The Bertz CT molecular complexity index is 1060. The molecule has 0 spiro atoms. The van der Waals surface area contributed by atoms with Gasteiger partial charge in [0, 0.05) is 25.6 Å². The number of fused-ring (bicyclic) bond motifs is 1. The topological polar surface area (TPSA) is 51.2 Å². The Hall–Kier alpha value is -2.38. The number of hydrogen-bond acceptors (Lipinski definition) is 3. The summed E-state index contributed by atoms with van der Waals surface area (Å²) in [5.74, 6) is 4.16. The van der Waals surface area contributed by atoms with Crippen molar-refractivity contribution < 1.29 is 14.6 Å². The molecular formula is C26H32O3S. The van der Waals surface area contributed by atoms with E-state index >= 15 is 0 Å². The van der Waals surface area contributed by atoms with Crippen LogP contribution < -0.4 is 0 Å². The van der Waals surface area contributed by atoms with E-state index in [9.17, 15) is 13.2 Å². The zero-order valence-corrected chi connectivity index (χ0v) is 18.8. The number of sulfone groups is 1. The molecule has 0 unspecified atom stereocenters. The molecule has 0 aliphatic heterocycles. The van der Waals surface area contributed by atoms with Gasteiger partial charge in [-0.25, -0.2) is 8.42 Å². The Morgan fingerprint density at radius 1 is 1.03 bits per heavy atom. The van der Waals surface area contributed by atoms with Crippen molar-refractivity contribution in [2.24, 2.45) is 5.92 Å². The van der Waals surface area contributed by atoms with Gasteiger partial charge < -0.3 is 0 Å². The van der Waals surface area contributed by atoms with E-state index in [1.807, 2.05) is 6.07 Å². The Morgan fingerprint density at radius 3 is 2.27 bits per heavy atom. The SMILES string of the molecule is C#C[C@@H]1CCC[C@@H]1c1ccc(-c2ccc3c(c2)CCC3=O)cc1.CC(C)S(C)(=O)=O.[HH]. The van der Waals surface area contributed by atoms with Gasteiger partial charge in [-0.15, -0.1) is 12.3 Å². The van der Waals surface area contributed by atoms with E-state index in [1.54, 1.807) is 13.8 Å². The van der Waals surface area contributed by atoms with Crippen molar-refractivity contribution in [2.75, 3.05) is 6.26 Å². The van der Waals surface area contributed by atoms with Gasteiger partial charge in [-0.1, -0.05) is 48.9 Å². The Kier molecular flexibility index (Phi) is 6.83. The Balaban J connectivity index is 0.000000373. The first-order valence-electron chi connectivity index (χ1n) is 10.6. The smallest absolute Gasteiger partial charge is 0.163 e. The molecule has 1 fully saturated rings. The molecule has 0 N–H and O–H groups in total. The van der Waals surface area contributed by atoms with Crippen LogP contribution in [0.1, 0.15) is 68.4 Å². The summed E-state index contributed by atoms with van der Waals surface area (Å²) in [4.78, 5) is 11.7. The maximum absolute atomic E-state index is 11.7. The van der Waals surface area contributed by atoms with Gasteiger partial charge in [-0.2, -0.15) is 0 Å². The summed E-state index contributed by atoms with van der Waals surface area (Å²) < 4.78 is 20.7. The Morgan fingerprint density at radius 2 is 1.67 bits per heavy atom. The molecule has 0 bridgehead atoms. The fraction of sp³-hybridized carbons (Fsp3) is 0.423. The molecule has 1 saturated carbocycles. The molecule has 0 aromatic heterocycles. The number of benzene rings is 2. The third-order valence-electron chi connectivity index (χ3n) is 6.29. The van der Waals surface area contributed by atoms with E-state index in [0.717, 1.165) is 18.4 Å². The van der Waals surface area contributed by atoms with Gasteiger partial charge in [0.15, 0.2) is 5.78 Å². The molecular weight excluding hydrogens is 392 g/mol. The van der Waals surface area contributed by atoms with Gasteiger partial charge in [0.1, 0.15) is 9.84 Å². The molecule has 160 valence electrons. The maximum atomic E-state index is 11.7. The van der Waals surface area contributed by atoms with E-state index in [2.05, 4.69) is 42.3 Å². The van der Waals surface area contributed by atoms with E-state index in [4.69, 9.17) is 6.42 Å². The van der Waals surface area contributed by atoms with Gasteiger partial charge in [0.25, 0.3) is 0 Å². The largest absolute Gasteiger partial charge is 0.294 e. The lowest BCUT2D eigenvalue weighted by Crippen LogP contribution is -2.10. The first-order valence-corrected chi connectivity index (χ1v) is 12.6. The van der Waals surface area contributed by atoms with Crippen LogP contribution in [0.4, 0.5) is 0 Å². The van der Waals surface area contributed by atoms with Crippen LogP contribution >= 0.6 is 0 Å². The van der Waals surface area contributed by atoms with Crippen LogP contribution in [0.15, 0.2) is 42.5 Å². The van der Waals surface area contributed by atoms with Crippen molar-refractivity contribution in [3.05, 3.63) is 59.2 Å².